The van der Waals surface area contributed by atoms with Crippen molar-refractivity contribution in [3.8, 4) is 0 Å². The molecular formula is C11H14N2O2S. The van der Waals surface area contributed by atoms with Gasteiger partial charge in [-0.05, 0) is 17.9 Å². The first-order chi connectivity index (χ1) is 7.66. The van der Waals surface area contributed by atoms with Crippen LogP contribution in [0.2, 0.25) is 0 Å². The van der Waals surface area contributed by atoms with E-state index in [1.54, 1.807) is 18.0 Å². The van der Waals surface area contributed by atoms with Crippen molar-refractivity contribution < 1.29 is 9.59 Å². The van der Waals surface area contributed by atoms with Gasteiger partial charge in [0.25, 0.3) is 5.91 Å². The van der Waals surface area contributed by atoms with E-state index >= 15 is 0 Å². The molecule has 2 amide bonds. The Balaban J connectivity index is 1.91. The molecule has 4 nitrogen and oxygen atoms in total. The standard InChI is InChI=1S/C11H14N2O2S/c1-13-7-8(4-5-10(13)14)12-11(15)9-3-2-6-16-9/h2-3,6,8H,4-5,7H2,1H3,(H,12,15). The lowest BCUT2D eigenvalue weighted by Crippen LogP contribution is -2.48. The van der Waals surface area contributed by atoms with Crippen LogP contribution in [0, 0.1) is 0 Å². The van der Waals surface area contributed by atoms with Crippen molar-refractivity contribution in [2.45, 2.75) is 18.9 Å². The van der Waals surface area contributed by atoms with Crippen molar-refractivity contribution in [1.29, 1.82) is 0 Å². The average molecular weight is 238 g/mol. The van der Waals surface area contributed by atoms with Gasteiger partial charge in [0.2, 0.25) is 5.91 Å². The quantitative estimate of drug-likeness (QED) is 0.838. The second-order valence-electron chi connectivity index (χ2n) is 3.96. The smallest absolute Gasteiger partial charge is 0.261 e. The van der Waals surface area contributed by atoms with Crippen LogP contribution < -0.4 is 5.32 Å². The van der Waals surface area contributed by atoms with E-state index in [4.69, 9.17) is 0 Å². The predicted octanol–water partition coefficient (Wildman–Crippen LogP) is 1.10. The molecule has 1 aliphatic rings. The van der Waals surface area contributed by atoms with Gasteiger partial charge in [-0.25, -0.2) is 0 Å². The number of piperidine rings is 1. The molecule has 1 unspecified atom stereocenters. The van der Waals surface area contributed by atoms with Crippen molar-refractivity contribution in [2.24, 2.45) is 0 Å². The van der Waals surface area contributed by atoms with E-state index < -0.39 is 0 Å². The molecule has 0 aromatic carbocycles. The summed E-state index contributed by atoms with van der Waals surface area (Å²) in [5.74, 6) is 0.115. The fourth-order valence-corrected chi connectivity index (χ4v) is 2.42. The van der Waals surface area contributed by atoms with Crippen molar-refractivity contribution in [1.82, 2.24) is 10.2 Å². The summed E-state index contributed by atoms with van der Waals surface area (Å²) in [6, 6.07) is 3.74. The third-order valence-corrected chi connectivity index (χ3v) is 3.58. The summed E-state index contributed by atoms with van der Waals surface area (Å²) in [5, 5.41) is 4.83. The molecule has 16 heavy (non-hydrogen) atoms. The van der Waals surface area contributed by atoms with E-state index in [1.807, 2.05) is 11.4 Å². The topological polar surface area (TPSA) is 49.4 Å². The molecule has 1 atom stereocenters. The Kier molecular flexibility index (Phi) is 3.24. The number of thiophene rings is 1. The van der Waals surface area contributed by atoms with Crippen LogP contribution in [0.15, 0.2) is 17.5 Å². The molecule has 2 rings (SSSR count). The second-order valence-corrected chi connectivity index (χ2v) is 4.91. The zero-order valence-electron chi connectivity index (χ0n) is 9.10. The highest BCUT2D eigenvalue weighted by molar-refractivity contribution is 7.12. The number of nitrogens with zero attached hydrogens (tertiary/aromatic N) is 1. The fraction of sp³-hybridized carbons (Fsp3) is 0.455. The van der Waals surface area contributed by atoms with E-state index in [-0.39, 0.29) is 17.9 Å². The molecule has 1 N–H and O–H groups in total. The highest BCUT2D eigenvalue weighted by Crippen LogP contribution is 2.12. The highest BCUT2D eigenvalue weighted by Gasteiger charge is 2.24. The summed E-state index contributed by atoms with van der Waals surface area (Å²) in [6.07, 6.45) is 1.26. The number of hydrogen-bond donors (Lipinski definition) is 1. The van der Waals surface area contributed by atoms with Crippen molar-refractivity contribution >= 4 is 23.2 Å². The number of amides is 2. The molecule has 1 aromatic heterocycles. The van der Waals surface area contributed by atoms with Gasteiger partial charge >= 0.3 is 0 Å². The number of rotatable bonds is 2. The third-order valence-electron chi connectivity index (χ3n) is 2.71. The predicted molar refractivity (Wildman–Crippen MR) is 62.4 cm³/mol. The van der Waals surface area contributed by atoms with Crippen LogP contribution in [0.1, 0.15) is 22.5 Å². The summed E-state index contributed by atoms with van der Waals surface area (Å²) in [6.45, 7) is 0.607. The lowest BCUT2D eigenvalue weighted by Gasteiger charge is -2.29. The van der Waals surface area contributed by atoms with Gasteiger partial charge in [0.15, 0.2) is 0 Å². The highest BCUT2D eigenvalue weighted by atomic mass is 32.1. The fourth-order valence-electron chi connectivity index (χ4n) is 1.79. The SMILES string of the molecule is CN1CC(NC(=O)c2cccs2)CCC1=O. The van der Waals surface area contributed by atoms with Gasteiger partial charge < -0.3 is 10.2 Å². The molecule has 0 bridgehead atoms. The maximum Gasteiger partial charge on any atom is 0.261 e. The number of likely N-dealkylation sites (tertiary alicyclic amines) is 1. The monoisotopic (exact) mass is 238 g/mol. The van der Waals surface area contributed by atoms with Crippen LogP contribution in [0.4, 0.5) is 0 Å². The van der Waals surface area contributed by atoms with Gasteiger partial charge in [-0.3, -0.25) is 9.59 Å². The maximum atomic E-state index is 11.8. The number of carbonyl (C=O) groups is 2. The summed E-state index contributed by atoms with van der Waals surface area (Å²) >= 11 is 1.43. The van der Waals surface area contributed by atoms with Gasteiger partial charge in [0.05, 0.1) is 4.88 Å². The summed E-state index contributed by atoms with van der Waals surface area (Å²) in [4.78, 5) is 25.4. The average Bonchev–Trinajstić information content (AvgIpc) is 2.77. The largest absolute Gasteiger partial charge is 0.347 e. The first kappa shape index (κ1) is 11.1. The molecule has 0 radical (unpaired) electrons. The van der Waals surface area contributed by atoms with Crippen LogP contribution >= 0.6 is 11.3 Å². The molecule has 0 saturated carbocycles. The van der Waals surface area contributed by atoms with Gasteiger partial charge in [0.1, 0.15) is 0 Å². The number of hydrogen-bond acceptors (Lipinski definition) is 3. The summed E-state index contributed by atoms with van der Waals surface area (Å²) in [7, 11) is 1.77. The van der Waals surface area contributed by atoms with Crippen LogP contribution in [-0.4, -0.2) is 36.3 Å². The Hall–Kier alpha value is -1.36. The van der Waals surface area contributed by atoms with Crippen LogP contribution in [-0.2, 0) is 4.79 Å². The zero-order chi connectivity index (χ0) is 11.5. The minimum Gasteiger partial charge on any atom is -0.347 e. The van der Waals surface area contributed by atoms with Gasteiger partial charge in [-0.1, -0.05) is 6.07 Å². The van der Waals surface area contributed by atoms with Gasteiger partial charge in [-0.2, -0.15) is 0 Å². The van der Waals surface area contributed by atoms with Crippen molar-refractivity contribution in [2.75, 3.05) is 13.6 Å². The van der Waals surface area contributed by atoms with E-state index in [2.05, 4.69) is 5.32 Å². The molecule has 1 saturated heterocycles. The molecule has 5 heteroatoms. The molecule has 86 valence electrons. The third kappa shape index (κ3) is 2.41. The van der Waals surface area contributed by atoms with E-state index in [0.29, 0.717) is 13.0 Å². The second kappa shape index (κ2) is 4.65. The van der Waals surface area contributed by atoms with E-state index in [1.165, 1.54) is 11.3 Å². The number of likely N-dealkylation sites (N-methyl/N-ethyl adjacent to an activating group) is 1. The van der Waals surface area contributed by atoms with Gasteiger partial charge in [-0.15, -0.1) is 11.3 Å². The Morgan fingerprint density at radius 3 is 3.06 bits per heavy atom. The Morgan fingerprint density at radius 1 is 1.62 bits per heavy atom. The number of nitrogens with one attached hydrogen (secondary N) is 1. The lowest BCUT2D eigenvalue weighted by molar-refractivity contribution is -0.132. The first-order valence-electron chi connectivity index (χ1n) is 5.25. The van der Waals surface area contributed by atoms with Crippen LogP contribution in [0.3, 0.4) is 0 Å². The van der Waals surface area contributed by atoms with E-state index in [9.17, 15) is 9.59 Å². The van der Waals surface area contributed by atoms with Crippen LogP contribution in [0.5, 0.6) is 0 Å². The van der Waals surface area contributed by atoms with E-state index in [0.717, 1.165) is 11.3 Å². The summed E-state index contributed by atoms with van der Waals surface area (Å²) < 4.78 is 0. The minimum atomic E-state index is -0.0391. The minimum absolute atomic E-state index is 0.0391. The first-order valence-corrected chi connectivity index (χ1v) is 6.13. The molecule has 1 fully saturated rings. The molecule has 2 heterocycles. The molecule has 0 spiro atoms. The molecule has 1 aliphatic heterocycles. The molecular weight excluding hydrogens is 224 g/mol. The zero-order valence-corrected chi connectivity index (χ0v) is 9.92. The molecule has 0 aliphatic carbocycles. The van der Waals surface area contributed by atoms with Crippen molar-refractivity contribution in [3.05, 3.63) is 22.4 Å². The van der Waals surface area contributed by atoms with Crippen LogP contribution in [0.25, 0.3) is 0 Å². The van der Waals surface area contributed by atoms with Crippen molar-refractivity contribution in [3.63, 3.8) is 0 Å². The lowest BCUT2D eigenvalue weighted by atomic mass is 10.1. The summed E-state index contributed by atoms with van der Waals surface area (Å²) in [5.41, 5.74) is 0. The Labute approximate surface area is 98.3 Å². The Bertz CT molecular complexity index is 389. The molecule has 1 aromatic rings. The normalized spacial score (nSPS) is 20.9. The van der Waals surface area contributed by atoms with Gasteiger partial charge in [0, 0.05) is 26.1 Å². The Morgan fingerprint density at radius 2 is 2.44 bits per heavy atom. The number of carbonyl (C=O) groups excluding carboxylic acids is 2. The maximum absolute atomic E-state index is 11.8.